The maximum absolute atomic E-state index is 11.5. The van der Waals surface area contributed by atoms with Crippen LogP contribution >= 0.6 is 0 Å². The predicted octanol–water partition coefficient (Wildman–Crippen LogP) is 2.24. The van der Waals surface area contributed by atoms with E-state index in [0.717, 1.165) is 25.7 Å². The molecule has 1 aliphatic carbocycles. The lowest BCUT2D eigenvalue weighted by atomic mass is 10.1. The van der Waals surface area contributed by atoms with Crippen molar-refractivity contribution in [3.8, 4) is 0 Å². The molecule has 1 aliphatic rings. The summed E-state index contributed by atoms with van der Waals surface area (Å²) in [5.74, 6) is -0.0690. The quantitative estimate of drug-likeness (QED) is 0.497. The summed E-state index contributed by atoms with van der Waals surface area (Å²) in [6.45, 7) is 3.21. The first kappa shape index (κ1) is 12.5. The van der Waals surface area contributed by atoms with Crippen LogP contribution in [0.2, 0.25) is 0 Å². The van der Waals surface area contributed by atoms with Gasteiger partial charge in [-0.2, -0.15) is 0 Å². The van der Waals surface area contributed by atoms with E-state index in [4.69, 9.17) is 10.5 Å². The van der Waals surface area contributed by atoms with Gasteiger partial charge >= 0.3 is 5.97 Å². The van der Waals surface area contributed by atoms with Crippen LogP contribution in [0.5, 0.6) is 0 Å². The number of rotatable bonds is 8. The van der Waals surface area contributed by atoms with E-state index in [2.05, 4.69) is 6.92 Å². The highest BCUT2D eigenvalue weighted by Crippen LogP contribution is 2.45. The molecule has 2 N–H and O–H groups in total. The monoisotopic (exact) mass is 213 g/mol. The highest BCUT2D eigenvalue weighted by atomic mass is 16.5. The molecule has 1 fully saturated rings. The minimum Gasteiger partial charge on any atom is -0.465 e. The van der Waals surface area contributed by atoms with E-state index >= 15 is 0 Å². The minimum absolute atomic E-state index is 0.0690. The summed E-state index contributed by atoms with van der Waals surface area (Å²) >= 11 is 0. The Hall–Kier alpha value is -0.570. The zero-order valence-corrected chi connectivity index (χ0v) is 9.76. The molecular weight excluding hydrogens is 190 g/mol. The van der Waals surface area contributed by atoms with Crippen LogP contribution in [-0.2, 0) is 9.53 Å². The number of hydrogen-bond donors (Lipinski definition) is 1. The van der Waals surface area contributed by atoms with Crippen molar-refractivity contribution in [1.82, 2.24) is 0 Å². The van der Waals surface area contributed by atoms with E-state index in [0.29, 0.717) is 13.2 Å². The van der Waals surface area contributed by atoms with Crippen LogP contribution in [0.1, 0.15) is 51.9 Å². The third kappa shape index (κ3) is 3.82. The molecule has 0 saturated heterocycles. The highest BCUT2D eigenvalue weighted by molar-refractivity contribution is 5.80. The summed E-state index contributed by atoms with van der Waals surface area (Å²) in [5, 5.41) is 0. The van der Waals surface area contributed by atoms with Gasteiger partial charge in [0.25, 0.3) is 0 Å². The number of ether oxygens (including phenoxy) is 1. The Labute approximate surface area is 92.4 Å². The van der Waals surface area contributed by atoms with Gasteiger partial charge in [0.15, 0.2) is 0 Å². The molecule has 3 heteroatoms. The maximum atomic E-state index is 11.5. The summed E-state index contributed by atoms with van der Waals surface area (Å²) < 4.78 is 5.22. The third-order valence-corrected chi connectivity index (χ3v) is 3.16. The Morgan fingerprint density at radius 2 is 1.93 bits per heavy atom. The second kappa shape index (κ2) is 6.11. The van der Waals surface area contributed by atoms with Crippen LogP contribution in [-0.4, -0.2) is 19.1 Å². The van der Waals surface area contributed by atoms with Gasteiger partial charge in [-0.05, 0) is 19.3 Å². The van der Waals surface area contributed by atoms with Crippen molar-refractivity contribution in [1.29, 1.82) is 0 Å². The van der Waals surface area contributed by atoms with Gasteiger partial charge in [-0.15, -0.1) is 0 Å². The second-order valence-electron chi connectivity index (χ2n) is 4.53. The normalized spacial score (nSPS) is 17.5. The van der Waals surface area contributed by atoms with E-state index < -0.39 is 0 Å². The molecule has 1 saturated carbocycles. The van der Waals surface area contributed by atoms with Crippen molar-refractivity contribution in [2.24, 2.45) is 11.1 Å². The molecule has 0 amide bonds. The Balaban J connectivity index is 1.98. The Morgan fingerprint density at radius 3 is 2.47 bits per heavy atom. The first-order chi connectivity index (χ1) is 7.25. The van der Waals surface area contributed by atoms with Crippen molar-refractivity contribution in [2.45, 2.75) is 51.9 Å². The van der Waals surface area contributed by atoms with E-state index in [-0.39, 0.29) is 11.4 Å². The van der Waals surface area contributed by atoms with Gasteiger partial charge in [-0.1, -0.05) is 32.6 Å². The number of unbranched alkanes of at least 4 members (excludes halogenated alkanes) is 4. The number of nitrogens with two attached hydrogens (primary N) is 1. The molecule has 0 unspecified atom stereocenters. The molecule has 15 heavy (non-hydrogen) atoms. The fraction of sp³-hybridized carbons (Fsp3) is 0.917. The van der Waals surface area contributed by atoms with Crippen LogP contribution in [0.4, 0.5) is 0 Å². The fourth-order valence-corrected chi connectivity index (χ4v) is 1.67. The van der Waals surface area contributed by atoms with Crippen molar-refractivity contribution < 1.29 is 9.53 Å². The molecule has 0 heterocycles. The average molecular weight is 213 g/mol. The van der Waals surface area contributed by atoms with Gasteiger partial charge in [0.1, 0.15) is 0 Å². The maximum Gasteiger partial charge on any atom is 0.313 e. The first-order valence-corrected chi connectivity index (χ1v) is 6.12. The van der Waals surface area contributed by atoms with Crippen LogP contribution in [0.25, 0.3) is 0 Å². The molecule has 0 spiro atoms. The number of esters is 1. The van der Waals surface area contributed by atoms with Crippen LogP contribution < -0.4 is 5.73 Å². The molecule has 0 aromatic heterocycles. The lowest BCUT2D eigenvalue weighted by Gasteiger charge is -2.11. The van der Waals surface area contributed by atoms with E-state index in [1.54, 1.807) is 0 Å². The molecule has 88 valence electrons. The highest BCUT2D eigenvalue weighted by Gasteiger charge is 2.49. The molecule has 0 aromatic rings. The van der Waals surface area contributed by atoms with Gasteiger partial charge in [0, 0.05) is 6.54 Å². The lowest BCUT2D eigenvalue weighted by molar-refractivity contribution is -0.149. The van der Waals surface area contributed by atoms with Crippen molar-refractivity contribution in [2.75, 3.05) is 13.2 Å². The van der Waals surface area contributed by atoms with Crippen LogP contribution in [0, 0.1) is 5.41 Å². The number of carbonyl (C=O) groups is 1. The zero-order valence-electron chi connectivity index (χ0n) is 9.76. The molecule has 0 aliphatic heterocycles. The van der Waals surface area contributed by atoms with E-state index in [1.165, 1.54) is 19.3 Å². The lowest BCUT2D eigenvalue weighted by Crippen LogP contribution is -2.27. The minimum atomic E-state index is -0.288. The van der Waals surface area contributed by atoms with E-state index in [1.807, 2.05) is 0 Å². The molecular formula is C12H23NO2. The van der Waals surface area contributed by atoms with E-state index in [9.17, 15) is 4.79 Å². The third-order valence-electron chi connectivity index (χ3n) is 3.16. The summed E-state index contributed by atoms with van der Waals surface area (Å²) in [4.78, 5) is 11.5. The number of hydrogen-bond acceptors (Lipinski definition) is 3. The molecule has 0 bridgehead atoms. The Bertz CT molecular complexity index is 200. The van der Waals surface area contributed by atoms with Gasteiger partial charge in [-0.3, -0.25) is 4.79 Å². The van der Waals surface area contributed by atoms with Crippen molar-refractivity contribution >= 4 is 5.97 Å². The standard InChI is InChI=1S/C12H23NO2/c1-2-3-4-5-6-9-15-11(14)12(10-13)7-8-12/h2-10,13H2,1H3. The average Bonchev–Trinajstić information content (AvgIpc) is 3.03. The van der Waals surface area contributed by atoms with Gasteiger partial charge < -0.3 is 10.5 Å². The van der Waals surface area contributed by atoms with Gasteiger partial charge in [-0.25, -0.2) is 0 Å². The summed E-state index contributed by atoms with van der Waals surface area (Å²) in [5.41, 5.74) is 5.25. The molecule has 0 atom stereocenters. The Morgan fingerprint density at radius 1 is 1.27 bits per heavy atom. The first-order valence-electron chi connectivity index (χ1n) is 6.12. The molecule has 0 aromatic carbocycles. The largest absolute Gasteiger partial charge is 0.465 e. The Kier molecular flexibility index (Phi) is 5.09. The van der Waals surface area contributed by atoms with Crippen molar-refractivity contribution in [3.63, 3.8) is 0 Å². The summed E-state index contributed by atoms with van der Waals surface area (Å²) in [6.07, 6.45) is 7.76. The van der Waals surface area contributed by atoms with Crippen LogP contribution in [0.3, 0.4) is 0 Å². The second-order valence-corrected chi connectivity index (χ2v) is 4.53. The molecule has 0 radical (unpaired) electrons. The number of carbonyl (C=O) groups excluding carboxylic acids is 1. The van der Waals surface area contributed by atoms with Gasteiger partial charge in [0.05, 0.1) is 12.0 Å². The SMILES string of the molecule is CCCCCCCOC(=O)C1(CN)CC1. The van der Waals surface area contributed by atoms with Crippen LogP contribution in [0.15, 0.2) is 0 Å². The predicted molar refractivity (Wildman–Crippen MR) is 60.4 cm³/mol. The topological polar surface area (TPSA) is 52.3 Å². The van der Waals surface area contributed by atoms with Gasteiger partial charge in [0.2, 0.25) is 0 Å². The molecule has 3 nitrogen and oxygen atoms in total. The summed E-state index contributed by atoms with van der Waals surface area (Å²) in [7, 11) is 0. The summed E-state index contributed by atoms with van der Waals surface area (Å²) in [6, 6.07) is 0. The fourth-order valence-electron chi connectivity index (χ4n) is 1.67. The molecule has 1 rings (SSSR count). The smallest absolute Gasteiger partial charge is 0.313 e. The zero-order chi connectivity index (χ0) is 11.1. The van der Waals surface area contributed by atoms with Crippen molar-refractivity contribution in [3.05, 3.63) is 0 Å².